The van der Waals surface area contributed by atoms with Crippen molar-refractivity contribution in [2.45, 2.75) is 136 Å². The molecular formula is C30H52O2. The van der Waals surface area contributed by atoms with Crippen molar-refractivity contribution in [3.05, 3.63) is 35.4 Å². The largest absolute Gasteiger partial charge is 0.348 e. The van der Waals surface area contributed by atoms with Crippen molar-refractivity contribution in [3.8, 4) is 0 Å². The fourth-order valence-electron chi connectivity index (χ4n) is 5.04. The monoisotopic (exact) mass is 444 g/mol. The summed E-state index contributed by atoms with van der Waals surface area (Å²) >= 11 is 0. The maximum Gasteiger partial charge on any atom is 0.183 e. The molecule has 0 N–H and O–H groups in total. The van der Waals surface area contributed by atoms with E-state index >= 15 is 0 Å². The number of unbranched alkanes of at least 4 members (excludes halogenated alkanes) is 10. The molecule has 0 saturated carbocycles. The summed E-state index contributed by atoms with van der Waals surface area (Å²) in [5.74, 6) is 1.28. The van der Waals surface area contributed by atoms with Gasteiger partial charge < -0.3 is 9.47 Å². The predicted molar refractivity (Wildman–Crippen MR) is 138 cm³/mol. The summed E-state index contributed by atoms with van der Waals surface area (Å²) in [5.41, 5.74) is 2.68. The number of benzene rings is 1. The van der Waals surface area contributed by atoms with Crippen LogP contribution in [0.4, 0.5) is 0 Å². The lowest BCUT2D eigenvalue weighted by molar-refractivity contribution is -0.206. The molecule has 32 heavy (non-hydrogen) atoms. The molecule has 1 aliphatic rings. The minimum atomic E-state index is -0.173. The van der Waals surface area contributed by atoms with Crippen molar-refractivity contribution in [3.63, 3.8) is 0 Å². The highest BCUT2D eigenvalue weighted by Gasteiger charge is 2.23. The molecule has 0 radical (unpaired) electrons. The first-order valence-corrected chi connectivity index (χ1v) is 14.1. The summed E-state index contributed by atoms with van der Waals surface area (Å²) in [4.78, 5) is 0. The molecule has 0 aliphatic carbocycles. The van der Waals surface area contributed by atoms with Crippen LogP contribution in [0.2, 0.25) is 0 Å². The van der Waals surface area contributed by atoms with Crippen LogP contribution in [0, 0.1) is 5.92 Å². The zero-order valence-electron chi connectivity index (χ0n) is 21.6. The van der Waals surface area contributed by atoms with Gasteiger partial charge in [0, 0.05) is 11.5 Å². The minimum absolute atomic E-state index is 0.173. The molecule has 0 spiro atoms. The van der Waals surface area contributed by atoms with E-state index in [9.17, 15) is 0 Å². The third-order valence-corrected chi connectivity index (χ3v) is 7.16. The molecule has 2 heteroatoms. The predicted octanol–water partition coefficient (Wildman–Crippen LogP) is 9.73. The number of ether oxygens (including phenoxy) is 2. The number of hydrogen-bond donors (Lipinski definition) is 0. The first-order valence-electron chi connectivity index (χ1n) is 14.1. The molecular weight excluding hydrogens is 392 g/mol. The maximum absolute atomic E-state index is 6.12. The Hall–Kier alpha value is -0.860. The summed E-state index contributed by atoms with van der Waals surface area (Å²) in [7, 11) is 0. The van der Waals surface area contributed by atoms with Gasteiger partial charge in [-0.3, -0.25) is 0 Å². The Bertz CT molecular complexity index is 544. The average Bonchev–Trinajstić information content (AvgIpc) is 2.83. The molecule has 1 aromatic rings. The molecule has 184 valence electrons. The van der Waals surface area contributed by atoms with Gasteiger partial charge in [-0.25, -0.2) is 0 Å². The van der Waals surface area contributed by atoms with E-state index in [4.69, 9.17) is 9.47 Å². The molecule has 1 saturated heterocycles. The maximum atomic E-state index is 6.12. The van der Waals surface area contributed by atoms with Crippen molar-refractivity contribution in [2.24, 2.45) is 5.92 Å². The Morgan fingerprint density at radius 2 is 1.22 bits per heavy atom. The third kappa shape index (κ3) is 10.8. The zero-order chi connectivity index (χ0) is 22.9. The van der Waals surface area contributed by atoms with E-state index in [-0.39, 0.29) is 6.29 Å². The summed E-state index contributed by atoms with van der Waals surface area (Å²) < 4.78 is 12.2. The Balaban J connectivity index is 1.66. The Morgan fingerprint density at radius 3 is 1.81 bits per heavy atom. The van der Waals surface area contributed by atoms with E-state index in [1.807, 2.05) is 0 Å². The van der Waals surface area contributed by atoms with E-state index in [1.54, 1.807) is 0 Å². The molecule has 0 aromatic heterocycles. The summed E-state index contributed by atoms with van der Waals surface area (Å²) in [6.45, 7) is 8.57. The normalized spacial score (nSPS) is 19.8. The van der Waals surface area contributed by atoms with Crippen molar-refractivity contribution in [1.82, 2.24) is 0 Å². The molecule has 1 aromatic carbocycles. The molecule has 1 atom stereocenters. The van der Waals surface area contributed by atoms with E-state index in [1.165, 1.54) is 114 Å². The molecule has 1 fully saturated rings. The molecule has 2 rings (SSSR count). The molecule has 2 nitrogen and oxygen atoms in total. The van der Waals surface area contributed by atoms with Crippen LogP contribution in [0.15, 0.2) is 24.3 Å². The van der Waals surface area contributed by atoms with Crippen LogP contribution >= 0.6 is 0 Å². The van der Waals surface area contributed by atoms with Gasteiger partial charge in [0.15, 0.2) is 6.29 Å². The van der Waals surface area contributed by atoms with Gasteiger partial charge in [0.1, 0.15) is 0 Å². The second kappa shape index (κ2) is 17.6. The fraction of sp³-hybridized carbons (Fsp3) is 0.800. The van der Waals surface area contributed by atoms with Crippen molar-refractivity contribution in [2.75, 3.05) is 13.2 Å². The van der Waals surface area contributed by atoms with E-state index in [0.29, 0.717) is 11.8 Å². The smallest absolute Gasteiger partial charge is 0.183 e. The third-order valence-electron chi connectivity index (χ3n) is 7.16. The molecule has 1 aliphatic heterocycles. The molecule has 0 amide bonds. The fourth-order valence-corrected chi connectivity index (χ4v) is 5.04. The van der Waals surface area contributed by atoms with Crippen LogP contribution in [0.25, 0.3) is 0 Å². The molecule has 1 heterocycles. The van der Waals surface area contributed by atoms with Crippen molar-refractivity contribution >= 4 is 0 Å². The average molecular weight is 445 g/mol. The number of rotatable bonds is 18. The van der Waals surface area contributed by atoms with Gasteiger partial charge in [-0.2, -0.15) is 0 Å². The Labute approximate surface area is 199 Å². The lowest BCUT2D eigenvalue weighted by atomic mass is 9.89. The lowest BCUT2D eigenvalue weighted by Gasteiger charge is -2.30. The van der Waals surface area contributed by atoms with Crippen LogP contribution in [0.3, 0.4) is 0 Å². The highest BCUT2D eigenvalue weighted by Crippen LogP contribution is 2.31. The van der Waals surface area contributed by atoms with Gasteiger partial charge in [0.05, 0.1) is 13.2 Å². The van der Waals surface area contributed by atoms with Gasteiger partial charge in [-0.05, 0) is 30.7 Å². The Morgan fingerprint density at radius 1 is 0.656 bits per heavy atom. The highest BCUT2D eigenvalue weighted by atomic mass is 16.7. The quantitative estimate of drug-likeness (QED) is 0.210. The highest BCUT2D eigenvalue weighted by molar-refractivity contribution is 5.26. The van der Waals surface area contributed by atoms with Gasteiger partial charge >= 0.3 is 0 Å². The second-order valence-electron chi connectivity index (χ2n) is 10.1. The van der Waals surface area contributed by atoms with Crippen LogP contribution in [0.5, 0.6) is 0 Å². The number of hydrogen-bond acceptors (Lipinski definition) is 2. The summed E-state index contributed by atoms with van der Waals surface area (Å²) in [6, 6.07) is 9.14. The van der Waals surface area contributed by atoms with E-state index < -0.39 is 0 Å². The zero-order valence-corrected chi connectivity index (χ0v) is 21.6. The van der Waals surface area contributed by atoms with E-state index in [2.05, 4.69) is 45.0 Å². The topological polar surface area (TPSA) is 18.5 Å². The lowest BCUT2D eigenvalue weighted by Crippen LogP contribution is -2.27. The molecule has 1 unspecified atom stereocenters. The van der Waals surface area contributed by atoms with Crippen LogP contribution in [-0.4, -0.2) is 13.2 Å². The van der Waals surface area contributed by atoms with Crippen molar-refractivity contribution in [1.29, 1.82) is 0 Å². The summed E-state index contributed by atoms with van der Waals surface area (Å²) in [6.07, 6.45) is 21.4. The van der Waals surface area contributed by atoms with Gasteiger partial charge in [0.2, 0.25) is 0 Å². The minimum Gasteiger partial charge on any atom is -0.348 e. The van der Waals surface area contributed by atoms with Gasteiger partial charge in [0.25, 0.3) is 0 Å². The second-order valence-corrected chi connectivity index (χ2v) is 10.1. The van der Waals surface area contributed by atoms with Gasteiger partial charge in [-0.1, -0.05) is 129 Å². The van der Waals surface area contributed by atoms with Gasteiger partial charge in [-0.15, -0.1) is 0 Å². The SMILES string of the molecule is CCCCCCCCCCC1COC(c2ccc(C(CCC)CCCCCC)cc2)OC1. The van der Waals surface area contributed by atoms with Crippen LogP contribution in [-0.2, 0) is 9.47 Å². The Kier molecular flexibility index (Phi) is 15.1. The first-order chi connectivity index (χ1) is 15.8. The standard InChI is InChI=1S/C30H52O2/c1-4-7-9-11-12-13-14-15-18-26-24-31-30(32-25-26)29-22-20-28(21-23-29)27(17-6-3)19-16-10-8-5-2/h20-23,26-27,30H,4-19,24-25H2,1-3H3. The van der Waals surface area contributed by atoms with E-state index in [0.717, 1.165) is 13.2 Å². The first kappa shape index (κ1) is 27.4. The van der Waals surface area contributed by atoms with Crippen LogP contribution in [0.1, 0.15) is 147 Å². The summed E-state index contributed by atoms with van der Waals surface area (Å²) in [5, 5.41) is 0. The van der Waals surface area contributed by atoms with Crippen molar-refractivity contribution < 1.29 is 9.47 Å². The van der Waals surface area contributed by atoms with Crippen LogP contribution < -0.4 is 0 Å². The molecule has 0 bridgehead atoms.